The predicted molar refractivity (Wildman–Crippen MR) is 57.6 cm³/mol. The summed E-state index contributed by atoms with van der Waals surface area (Å²) in [5.41, 5.74) is 1.63. The van der Waals surface area contributed by atoms with Gasteiger partial charge in [0.2, 0.25) is 0 Å². The second-order valence-electron chi connectivity index (χ2n) is 4.14. The highest BCUT2D eigenvalue weighted by Gasteiger charge is 2.22. The summed E-state index contributed by atoms with van der Waals surface area (Å²) in [5, 5.41) is 0. The van der Waals surface area contributed by atoms with E-state index in [0.717, 1.165) is 0 Å². The minimum atomic E-state index is 0.279. The fourth-order valence-electron chi connectivity index (χ4n) is 1.12. The number of benzene rings is 1. The van der Waals surface area contributed by atoms with E-state index >= 15 is 0 Å². The number of hydrogen-bond donors (Lipinski definition) is 0. The van der Waals surface area contributed by atoms with Gasteiger partial charge in [0.25, 0.3) is 0 Å². The third kappa shape index (κ3) is 2.34. The van der Waals surface area contributed by atoms with Crippen LogP contribution in [0.1, 0.15) is 31.2 Å². The largest absolute Gasteiger partial charge is 0.0833 e. The molecule has 0 aliphatic heterocycles. The fraction of sp³-hybridized carbons (Fsp3) is 0.455. The average molecular weight is 227 g/mol. The minimum absolute atomic E-state index is 0.279. The topological polar surface area (TPSA) is 0 Å². The van der Waals surface area contributed by atoms with Gasteiger partial charge in [-0.15, -0.1) is 0 Å². The monoisotopic (exact) mass is 226 g/mol. The molecule has 0 unspecified atom stereocenters. The van der Waals surface area contributed by atoms with E-state index < -0.39 is 0 Å². The smallest absolute Gasteiger partial charge is 0.0443 e. The van der Waals surface area contributed by atoms with Crippen molar-refractivity contribution in [1.29, 1.82) is 0 Å². The van der Waals surface area contributed by atoms with Crippen LogP contribution in [0.15, 0.2) is 30.3 Å². The van der Waals surface area contributed by atoms with Gasteiger partial charge in [0.1, 0.15) is 0 Å². The Morgan fingerprint density at radius 3 is 2.00 bits per heavy atom. The Morgan fingerprint density at radius 1 is 1.08 bits per heavy atom. The van der Waals surface area contributed by atoms with Crippen molar-refractivity contribution in [2.45, 2.75) is 25.6 Å². The zero-order valence-corrected chi connectivity index (χ0v) is 9.43. The van der Waals surface area contributed by atoms with E-state index in [4.69, 9.17) is 0 Å². The summed E-state index contributed by atoms with van der Waals surface area (Å²) in [6, 6.07) is 10.5. The number of alkyl halides is 1. The standard InChI is InChI=1S/C11H15Br/c1-11(2,3)10(12)9-7-5-4-6-8-9/h4-8,10H,1-3H3/t10-/m0/s1. The third-order valence-electron chi connectivity index (χ3n) is 1.85. The molecule has 1 rings (SSSR count). The van der Waals surface area contributed by atoms with Crippen molar-refractivity contribution < 1.29 is 0 Å². The molecule has 0 amide bonds. The molecule has 0 aliphatic carbocycles. The van der Waals surface area contributed by atoms with E-state index in [0.29, 0.717) is 4.83 Å². The number of hydrogen-bond acceptors (Lipinski definition) is 0. The van der Waals surface area contributed by atoms with E-state index in [2.05, 4.69) is 61.0 Å². The SMILES string of the molecule is CC(C)(C)[C@@H](Br)c1ccccc1. The maximum Gasteiger partial charge on any atom is 0.0443 e. The molecule has 1 aromatic carbocycles. The molecule has 0 saturated carbocycles. The lowest BCUT2D eigenvalue weighted by Crippen LogP contribution is -2.12. The summed E-state index contributed by atoms with van der Waals surface area (Å²) in [5.74, 6) is 0. The molecule has 1 heteroatoms. The van der Waals surface area contributed by atoms with Gasteiger partial charge in [0.05, 0.1) is 0 Å². The van der Waals surface area contributed by atoms with Gasteiger partial charge in [-0.2, -0.15) is 0 Å². The summed E-state index contributed by atoms with van der Waals surface area (Å²) in [6.07, 6.45) is 0. The predicted octanol–water partition coefficient (Wildman–Crippen LogP) is 4.17. The first-order chi connectivity index (χ1) is 5.52. The molecule has 0 heterocycles. The van der Waals surface area contributed by atoms with E-state index in [1.807, 2.05) is 6.07 Å². The van der Waals surface area contributed by atoms with Crippen molar-refractivity contribution in [3.63, 3.8) is 0 Å². The van der Waals surface area contributed by atoms with Crippen molar-refractivity contribution in [2.24, 2.45) is 5.41 Å². The van der Waals surface area contributed by atoms with E-state index in [9.17, 15) is 0 Å². The third-order valence-corrected chi connectivity index (χ3v) is 3.75. The second-order valence-corrected chi connectivity index (χ2v) is 5.05. The van der Waals surface area contributed by atoms with Gasteiger partial charge in [-0.1, -0.05) is 67.0 Å². The molecule has 1 aromatic rings. The molecular weight excluding hydrogens is 212 g/mol. The van der Waals surface area contributed by atoms with Crippen LogP contribution in [0.3, 0.4) is 0 Å². The Labute approximate surface area is 83.1 Å². The van der Waals surface area contributed by atoms with Crippen LogP contribution in [0.2, 0.25) is 0 Å². The van der Waals surface area contributed by atoms with Gasteiger partial charge in [-0.25, -0.2) is 0 Å². The lowest BCUT2D eigenvalue weighted by atomic mass is 9.88. The van der Waals surface area contributed by atoms with Gasteiger partial charge in [-0.3, -0.25) is 0 Å². The van der Waals surface area contributed by atoms with Crippen molar-refractivity contribution >= 4 is 15.9 Å². The number of rotatable bonds is 1. The molecule has 0 radical (unpaired) electrons. The van der Waals surface area contributed by atoms with Crippen molar-refractivity contribution in [2.75, 3.05) is 0 Å². The molecular formula is C11H15Br. The van der Waals surface area contributed by atoms with Gasteiger partial charge < -0.3 is 0 Å². The molecule has 66 valence electrons. The van der Waals surface area contributed by atoms with Crippen LogP contribution in [-0.2, 0) is 0 Å². The maximum absolute atomic E-state index is 3.71. The summed E-state index contributed by atoms with van der Waals surface area (Å²) < 4.78 is 0. The van der Waals surface area contributed by atoms with E-state index in [-0.39, 0.29) is 5.41 Å². The van der Waals surface area contributed by atoms with Crippen molar-refractivity contribution in [3.8, 4) is 0 Å². The maximum atomic E-state index is 3.71. The first-order valence-electron chi connectivity index (χ1n) is 4.21. The van der Waals surface area contributed by atoms with Crippen LogP contribution in [0.25, 0.3) is 0 Å². The quantitative estimate of drug-likeness (QED) is 0.631. The van der Waals surface area contributed by atoms with Crippen LogP contribution in [0, 0.1) is 5.41 Å². The molecule has 0 saturated heterocycles. The minimum Gasteiger partial charge on any atom is -0.0833 e. The van der Waals surface area contributed by atoms with E-state index in [1.54, 1.807) is 0 Å². The summed E-state index contributed by atoms with van der Waals surface area (Å²) in [7, 11) is 0. The molecule has 1 atom stereocenters. The normalized spacial score (nSPS) is 14.3. The van der Waals surface area contributed by atoms with Crippen LogP contribution in [-0.4, -0.2) is 0 Å². The zero-order chi connectivity index (χ0) is 9.19. The summed E-state index contributed by atoms with van der Waals surface area (Å²) >= 11 is 3.71. The lowest BCUT2D eigenvalue weighted by Gasteiger charge is -2.25. The molecule has 0 spiro atoms. The first-order valence-corrected chi connectivity index (χ1v) is 5.12. The van der Waals surface area contributed by atoms with Crippen molar-refractivity contribution in [1.82, 2.24) is 0 Å². The zero-order valence-electron chi connectivity index (χ0n) is 7.84. The summed E-state index contributed by atoms with van der Waals surface area (Å²) in [4.78, 5) is 0.436. The highest BCUT2D eigenvalue weighted by Crippen LogP contribution is 2.39. The van der Waals surface area contributed by atoms with Crippen LogP contribution in [0.4, 0.5) is 0 Å². The van der Waals surface area contributed by atoms with E-state index in [1.165, 1.54) is 5.56 Å². The highest BCUT2D eigenvalue weighted by molar-refractivity contribution is 9.09. The molecule has 0 nitrogen and oxygen atoms in total. The van der Waals surface area contributed by atoms with Gasteiger partial charge in [0.15, 0.2) is 0 Å². The van der Waals surface area contributed by atoms with Gasteiger partial charge >= 0.3 is 0 Å². The highest BCUT2D eigenvalue weighted by atomic mass is 79.9. The molecule has 0 aliphatic rings. The first kappa shape index (κ1) is 9.79. The van der Waals surface area contributed by atoms with Gasteiger partial charge in [0, 0.05) is 4.83 Å². The molecule has 0 bridgehead atoms. The Hall–Kier alpha value is -0.300. The second kappa shape index (κ2) is 3.61. The average Bonchev–Trinajstić information content (AvgIpc) is 2.03. The van der Waals surface area contributed by atoms with Gasteiger partial charge in [-0.05, 0) is 11.0 Å². The number of halogens is 1. The lowest BCUT2D eigenvalue weighted by molar-refractivity contribution is 0.407. The van der Waals surface area contributed by atoms with Crippen LogP contribution < -0.4 is 0 Å². The van der Waals surface area contributed by atoms with Crippen molar-refractivity contribution in [3.05, 3.63) is 35.9 Å². The Kier molecular flexibility index (Phi) is 2.94. The van der Waals surface area contributed by atoms with Crippen LogP contribution >= 0.6 is 15.9 Å². The molecule has 12 heavy (non-hydrogen) atoms. The molecule has 0 aromatic heterocycles. The summed E-state index contributed by atoms with van der Waals surface area (Å²) in [6.45, 7) is 6.71. The Morgan fingerprint density at radius 2 is 1.58 bits per heavy atom. The Bertz CT molecular complexity index is 233. The van der Waals surface area contributed by atoms with Crippen LogP contribution in [0.5, 0.6) is 0 Å². The molecule has 0 N–H and O–H groups in total. The Balaban J connectivity index is 2.86. The molecule has 0 fully saturated rings. The fourth-order valence-corrected chi connectivity index (χ4v) is 1.43.